The molecule has 2 N–H and O–H groups in total. The minimum absolute atomic E-state index is 0.146. The Morgan fingerprint density at radius 1 is 1.24 bits per heavy atom. The maximum Gasteiger partial charge on any atom is 0.326 e. The van der Waals surface area contributed by atoms with E-state index in [-0.39, 0.29) is 11.6 Å². The normalized spacial score (nSPS) is 13.6. The number of nitrogens with zero attached hydrogens (tertiary/aromatic N) is 1. The quantitative estimate of drug-likeness (QED) is 0.885. The van der Waals surface area contributed by atoms with Crippen LogP contribution in [0.15, 0.2) is 36.4 Å². The highest BCUT2D eigenvalue weighted by atomic mass is 16.4. The maximum absolute atomic E-state index is 12.2. The summed E-state index contributed by atoms with van der Waals surface area (Å²) in [6.07, 6.45) is 0.669. The summed E-state index contributed by atoms with van der Waals surface area (Å²) in [6.45, 7) is 3.69. The summed E-state index contributed by atoms with van der Waals surface area (Å²) < 4.78 is 0. The second-order valence-electron chi connectivity index (χ2n) is 5.06. The van der Waals surface area contributed by atoms with Crippen LogP contribution in [0.3, 0.4) is 0 Å². The highest BCUT2D eigenvalue weighted by molar-refractivity contribution is 5.97. The van der Waals surface area contributed by atoms with Crippen molar-refractivity contribution in [1.29, 1.82) is 0 Å². The van der Waals surface area contributed by atoms with Crippen LogP contribution in [0.1, 0.15) is 30.8 Å². The van der Waals surface area contributed by atoms with Crippen LogP contribution >= 0.6 is 0 Å². The number of para-hydroxylation sites is 1. The number of nitrogens with one attached hydrogen (secondary N) is 1. The Morgan fingerprint density at radius 3 is 2.62 bits per heavy atom. The van der Waals surface area contributed by atoms with Gasteiger partial charge in [0.2, 0.25) is 0 Å². The van der Waals surface area contributed by atoms with Gasteiger partial charge in [-0.1, -0.05) is 44.5 Å². The fraction of sp³-hybridized carbons (Fsp3) is 0.312. The minimum atomic E-state index is -1.03. The fourth-order valence-corrected chi connectivity index (χ4v) is 2.09. The van der Waals surface area contributed by atoms with Gasteiger partial charge in [-0.25, -0.2) is 9.78 Å². The van der Waals surface area contributed by atoms with Crippen molar-refractivity contribution >= 4 is 22.8 Å². The molecule has 1 aromatic heterocycles. The zero-order chi connectivity index (χ0) is 15.4. The zero-order valence-electron chi connectivity index (χ0n) is 12.0. The van der Waals surface area contributed by atoms with Gasteiger partial charge in [0.1, 0.15) is 11.7 Å². The summed E-state index contributed by atoms with van der Waals surface area (Å²) in [5, 5.41) is 12.7. The molecule has 2 unspecified atom stereocenters. The lowest BCUT2D eigenvalue weighted by molar-refractivity contribution is -0.140. The number of amides is 1. The van der Waals surface area contributed by atoms with E-state index in [4.69, 9.17) is 0 Å². The molecule has 1 amide bonds. The van der Waals surface area contributed by atoms with E-state index in [1.807, 2.05) is 31.2 Å². The van der Waals surface area contributed by atoms with Crippen LogP contribution in [0.5, 0.6) is 0 Å². The Hall–Kier alpha value is -2.43. The number of benzene rings is 1. The maximum atomic E-state index is 12.2. The molecule has 1 heterocycles. The molecule has 0 saturated heterocycles. The predicted molar refractivity (Wildman–Crippen MR) is 80.1 cm³/mol. The van der Waals surface area contributed by atoms with Crippen molar-refractivity contribution in [3.8, 4) is 0 Å². The van der Waals surface area contributed by atoms with Crippen molar-refractivity contribution in [2.75, 3.05) is 0 Å². The van der Waals surface area contributed by atoms with E-state index in [9.17, 15) is 14.7 Å². The van der Waals surface area contributed by atoms with Gasteiger partial charge < -0.3 is 10.4 Å². The molecule has 2 aromatic rings. The standard InChI is InChI=1S/C16H18N2O3/c1-3-10(2)14(16(20)21)18-15(19)13-9-8-11-6-4-5-7-12(11)17-13/h4-10,14H,3H2,1-2H3,(H,18,19)(H,20,21). The molecular formula is C16H18N2O3. The lowest BCUT2D eigenvalue weighted by Crippen LogP contribution is -2.45. The van der Waals surface area contributed by atoms with Crippen molar-refractivity contribution < 1.29 is 14.7 Å². The largest absolute Gasteiger partial charge is 0.480 e. The van der Waals surface area contributed by atoms with E-state index in [0.29, 0.717) is 11.9 Å². The van der Waals surface area contributed by atoms with Gasteiger partial charge in [0.25, 0.3) is 5.91 Å². The second-order valence-corrected chi connectivity index (χ2v) is 5.06. The zero-order valence-corrected chi connectivity index (χ0v) is 12.0. The topological polar surface area (TPSA) is 79.3 Å². The number of pyridine rings is 1. The van der Waals surface area contributed by atoms with Gasteiger partial charge in [-0.2, -0.15) is 0 Å². The molecule has 5 nitrogen and oxygen atoms in total. The summed E-state index contributed by atoms with van der Waals surface area (Å²) in [4.78, 5) is 27.7. The summed E-state index contributed by atoms with van der Waals surface area (Å²) in [6, 6.07) is 9.96. The van der Waals surface area contributed by atoms with Crippen LogP contribution < -0.4 is 5.32 Å². The summed E-state index contributed by atoms with van der Waals surface area (Å²) >= 11 is 0. The summed E-state index contributed by atoms with van der Waals surface area (Å²) in [5.74, 6) is -1.64. The first-order chi connectivity index (χ1) is 10.0. The van der Waals surface area contributed by atoms with Gasteiger partial charge in [0.05, 0.1) is 5.52 Å². The third-order valence-electron chi connectivity index (χ3n) is 3.60. The monoisotopic (exact) mass is 286 g/mol. The van der Waals surface area contributed by atoms with Crippen molar-refractivity contribution in [2.45, 2.75) is 26.3 Å². The predicted octanol–water partition coefficient (Wildman–Crippen LogP) is 2.46. The first-order valence-corrected chi connectivity index (χ1v) is 6.92. The van der Waals surface area contributed by atoms with E-state index < -0.39 is 17.9 Å². The van der Waals surface area contributed by atoms with E-state index in [2.05, 4.69) is 10.3 Å². The Bertz CT molecular complexity index is 669. The SMILES string of the molecule is CCC(C)C(NC(=O)c1ccc2ccccc2n1)C(=O)O. The van der Waals surface area contributed by atoms with E-state index in [1.54, 1.807) is 19.1 Å². The Kier molecular flexibility index (Phi) is 4.52. The third-order valence-corrected chi connectivity index (χ3v) is 3.60. The van der Waals surface area contributed by atoms with Gasteiger partial charge in [0, 0.05) is 5.39 Å². The summed E-state index contributed by atoms with van der Waals surface area (Å²) in [5.41, 5.74) is 0.934. The second kappa shape index (κ2) is 6.35. The molecule has 0 radical (unpaired) electrons. The molecule has 0 fully saturated rings. The van der Waals surface area contributed by atoms with Gasteiger partial charge >= 0.3 is 5.97 Å². The lowest BCUT2D eigenvalue weighted by Gasteiger charge is -2.19. The van der Waals surface area contributed by atoms with Crippen LogP contribution in [0.25, 0.3) is 10.9 Å². The molecule has 0 spiro atoms. The molecule has 0 saturated carbocycles. The molecule has 0 aliphatic rings. The number of carbonyl (C=O) groups is 2. The smallest absolute Gasteiger partial charge is 0.326 e. The lowest BCUT2D eigenvalue weighted by atomic mass is 9.99. The van der Waals surface area contributed by atoms with Gasteiger partial charge in [-0.3, -0.25) is 4.79 Å². The molecule has 2 rings (SSSR count). The molecule has 21 heavy (non-hydrogen) atoms. The molecule has 5 heteroatoms. The number of hydrogen-bond donors (Lipinski definition) is 2. The van der Waals surface area contributed by atoms with E-state index in [0.717, 1.165) is 5.39 Å². The number of fused-ring (bicyclic) bond motifs is 1. The van der Waals surface area contributed by atoms with Crippen LogP contribution in [0.4, 0.5) is 0 Å². The van der Waals surface area contributed by atoms with Crippen LogP contribution in [-0.2, 0) is 4.79 Å². The van der Waals surface area contributed by atoms with Crippen LogP contribution in [0.2, 0.25) is 0 Å². The molecule has 0 aliphatic carbocycles. The van der Waals surface area contributed by atoms with Crippen molar-refractivity contribution in [3.63, 3.8) is 0 Å². The van der Waals surface area contributed by atoms with Crippen LogP contribution in [0, 0.1) is 5.92 Å². The average molecular weight is 286 g/mol. The number of carbonyl (C=O) groups excluding carboxylic acids is 1. The molecule has 1 aromatic carbocycles. The highest BCUT2D eigenvalue weighted by Crippen LogP contribution is 2.13. The van der Waals surface area contributed by atoms with E-state index in [1.165, 1.54) is 0 Å². The van der Waals surface area contributed by atoms with Crippen LogP contribution in [-0.4, -0.2) is 28.0 Å². The fourth-order valence-electron chi connectivity index (χ4n) is 2.09. The molecule has 0 aliphatic heterocycles. The van der Waals surface area contributed by atoms with Crippen molar-refractivity contribution in [3.05, 3.63) is 42.1 Å². The Balaban J connectivity index is 2.23. The number of carboxylic acid groups (broad SMARTS) is 1. The molecular weight excluding hydrogens is 268 g/mol. The first-order valence-electron chi connectivity index (χ1n) is 6.92. The van der Waals surface area contributed by atoms with Gasteiger partial charge in [-0.05, 0) is 18.1 Å². The Labute approximate surface area is 123 Å². The van der Waals surface area contributed by atoms with Crippen molar-refractivity contribution in [2.24, 2.45) is 5.92 Å². The number of rotatable bonds is 5. The van der Waals surface area contributed by atoms with Crippen molar-refractivity contribution in [1.82, 2.24) is 10.3 Å². The molecule has 0 bridgehead atoms. The number of carboxylic acids is 1. The van der Waals surface area contributed by atoms with E-state index >= 15 is 0 Å². The van der Waals surface area contributed by atoms with Gasteiger partial charge in [0.15, 0.2) is 0 Å². The average Bonchev–Trinajstić information content (AvgIpc) is 2.50. The molecule has 2 atom stereocenters. The third kappa shape index (κ3) is 3.37. The number of hydrogen-bond acceptors (Lipinski definition) is 3. The molecule has 110 valence electrons. The van der Waals surface area contributed by atoms with Gasteiger partial charge in [-0.15, -0.1) is 0 Å². The number of aliphatic carboxylic acids is 1. The first kappa shape index (κ1) is 15.0. The highest BCUT2D eigenvalue weighted by Gasteiger charge is 2.26. The number of aromatic nitrogens is 1. The minimum Gasteiger partial charge on any atom is -0.480 e. The summed E-state index contributed by atoms with van der Waals surface area (Å²) in [7, 11) is 0. The Morgan fingerprint density at radius 2 is 1.95 bits per heavy atom.